The smallest absolute Gasteiger partial charge is 0.307 e. The lowest BCUT2D eigenvalue weighted by molar-refractivity contribution is -0.253. The second-order valence-corrected chi connectivity index (χ2v) is 18.4. The van der Waals surface area contributed by atoms with E-state index in [1.54, 1.807) is 11.9 Å². The van der Waals surface area contributed by atoms with Crippen molar-refractivity contribution >= 4 is 5.97 Å². The van der Waals surface area contributed by atoms with Crippen molar-refractivity contribution in [2.45, 2.75) is 118 Å². The van der Waals surface area contributed by atoms with E-state index in [0.717, 1.165) is 64.6 Å². The third-order valence-electron chi connectivity index (χ3n) is 16.4. The fraction of sp³-hybridized carbons (Fsp3) is 0.872. The van der Waals surface area contributed by atoms with Gasteiger partial charge in [0.05, 0.1) is 37.9 Å². The molecule has 2 aliphatic heterocycles. The second-order valence-electron chi connectivity index (χ2n) is 18.4. The molecule has 0 spiro atoms. The summed E-state index contributed by atoms with van der Waals surface area (Å²) >= 11 is 0. The number of aromatic nitrogens is 3. The number of nitrogens with zero attached hydrogens (tertiary/aromatic N) is 3. The number of likely N-dealkylation sites (N-methyl/N-ethyl adjacent to an activating group) is 1. The van der Waals surface area contributed by atoms with Crippen LogP contribution >= 0.6 is 0 Å². The van der Waals surface area contributed by atoms with Crippen molar-refractivity contribution in [1.82, 2.24) is 20.1 Å². The minimum atomic E-state index is -0.608. The third kappa shape index (κ3) is 4.72. The summed E-state index contributed by atoms with van der Waals surface area (Å²) in [4.78, 5) is 17.9. The van der Waals surface area contributed by atoms with Gasteiger partial charge in [-0.2, -0.15) is 5.10 Å². The summed E-state index contributed by atoms with van der Waals surface area (Å²) in [5, 5.41) is 19.4. The van der Waals surface area contributed by atoms with Gasteiger partial charge < -0.3 is 24.6 Å². The predicted molar refractivity (Wildman–Crippen MR) is 184 cm³/mol. The summed E-state index contributed by atoms with van der Waals surface area (Å²) in [6.07, 6.45) is 13.8. The molecule has 1 aromatic heterocycles. The van der Waals surface area contributed by atoms with E-state index in [0.29, 0.717) is 43.5 Å². The molecule has 0 unspecified atom stereocenters. The molecule has 268 valence electrons. The summed E-state index contributed by atoms with van der Waals surface area (Å²) in [6, 6.07) is 0.0282. The first kappa shape index (κ1) is 34.6. The highest BCUT2D eigenvalue weighted by molar-refractivity contribution is 5.73. The van der Waals surface area contributed by atoms with Crippen LogP contribution in [0.1, 0.15) is 106 Å². The summed E-state index contributed by atoms with van der Waals surface area (Å²) in [7, 11) is 2.05. The molecule has 0 amide bonds. The number of carboxylic acids is 1. The molecule has 9 heteroatoms. The van der Waals surface area contributed by atoms with Crippen LogP contribution in [-0.4, -0.2) is 77.6 Å². The van der Waals surface area contributed by atoms with Gasteiger partial charge in [0.1, 0.15) is 12.7 Å². The maximum Gasteiger partial charge on any atom is 0.307 e. The first-order valence-electron chi connectivity index (χ1n) is 18.9. The summed E-state index contributed by atoms with van der Waals surface area (Å²) < 4.78 is 21.7. The van der Waals surface area contributed by atoms with Gasteiger partial charge in [-0.25, -0.2) is 9.67 Å². The average molecular weight is 667 g/mol. The molecular weight excluding hydrogens is 604 g/mol. The van der Waals surface area contributed by atoms with E-state index < -0.39 is 11.9 Å². The number of hydrogen-bond donors (Lipinski definition) is 2. The molecule has 2 saturated heterocycles. The molecule has 5 fully saturated rings. The molecule has 0 radical (unpaired) electrons. The Morgan fingerprint density at radius 1 is 1.06 bits per heavy atom. The molecule has 6 aliphatic rings. The molecule has 2 bridgehead atoms. The first-order valence-corrected chi connectivity index (χ1v) is 18.9. The average Bonchev–Trinajstić information content (AvgIpc) is 3.59. The molecule has 0 aromatic carbocycles. The molecular formula is C39H62N4O5. The van der Waals surface area contributed by atoms with Crippen molar-refractivity contribution in [1.29, 1.82) is 0 Å². The van der Waals surface area contributed by atoms with Crippen LogP contribution in [0.15, 0.2) is 24.3 Å². The lowest BCUT2D eigenvalue weighted by Gasteiger charge is -2.71. The molecule has 2 N–H and O–H groups in total. The van der Waals surface area contributed by atoms with Crippen LogP contribution in [0.3, 0.4) is 0 Å². The Balaban J connectivity index is 1.28. The molecule has 3 saturated carbocycles. The number of allylic oxidation sites excluding steroid dienone is 1. The lowest BCUT2D eigenvalue weighted by atomic mass is 9.34. The Labute approximate surface area is 288 Å². The zero-order valence-corrected chi connectivity index (χ0v) is 30.9. The van der Waals surface area contributed by atoms with Gasteiger partial charge in [-0.1, -0.05) is 60.1 Å². The fourth-order valence-corrected chi connectivity index (χ4v) is 13.0. The zero-order valence-electron chi connectivity index (χ0n) is 30.9. The topological polar surface area (TPSA) is 108 Å². The minimum Gasteiger partial charge on any atom is -0.481 e. The first-order chi connectivity index (χ1) is 22.7. The van der Waals surface area contributed by atoms with E-state index in [4.69, 9.17) is 19.3 Å². The molecule has 7 rings (SSSR count). The van der Waals surface area contributed by atoms with Crippen LogP contribution in [0.5, 0.6) is 0 Å². The molecule has 9 nitrogen and oxygen atoms in total. The Hall–Kier alpha value is -1.81. The monoisotopic (exact) mass is 666 g/mol. The van der Waals surface area contributed by atoms with Gasteiger partial charge in [-0.15, -0.1) is 0 Å². The largest absolute Gasteiger partial charge is 0.481 e. The van der Waals surface area contributed by atoms with Crippen LogP contribution in [-0.2, 0) is 19.0 Å². The van der Waals surface area contributed by atoms with Gasteiger partial charge >= 0.3 is 5.97 Å². The predicted octanol–water partition coefficient (Wildman–Crippen LogP) is 6.56. The molecule has 4 aliphatic carbocycles. The number of carboxylic acid groups (broad SMARTS) is 1. The normalized spacial score (nSPS) is 45.8. The number of ether oxygens (including phenoxy) is 3. The van der Waals surface area contributed by atoms with Crippen molar-refractivity contribution in [3.63, 3.8) is 0 Å². The van der Waals surface area contributed by atoms with Crippen LogP contribution in [0.4, 0.5) is 0 Å². The number of nitrogens with one attached hydrogen (secondary N) is 1. The van der Waals surface area contributed by atoms with E-state index in [-0.39, 0.29) is 44.8 Å². The second kappa shape index (κ2) is 11.9. The molecule has 11 atom stereocenters. The Morgan fingerprint density at radius 2 is 1.81 bits per heavy atom. The quantitative estimate of drug-likeness (QED) is 0.301. The standard InChI is InChI=1S/C39H62N4O5/c1-25(2)26(3)34(4)13-14-36(6)27-9-10-30-35(5)20-47-22-39(30,28(27)11-12-37(36,7)31(34)33(44)45)19-29(43-24-41-23-42-43)32(35)48-21-38(40-8)15-17-46-18-16-38/h11,23-27,29-32,40H,9-10,12-22H2,1-8H3,(H,44,45)/t26-,27+,29-,30+,31-,32+,34-,35-,36-,37+,39+/m1/s1. The van der Waals surface area contributed by atoms with E-state index in [1.807, 2.05) is 6.33 Å². The Morgan fingerprint density at radius 3 is 2.46 bits per heavy atom. The summed E-state index contributed by atoms with van der Waals surface area (Å²) in [5.74, 6) is 0.523. The van der Waals surface area contributed by atoms with Crippen molar-refractivity contribution in [3.05, 3.63) is 24.3 Å². The number of fused-ring (bicyclic) bond motifs is 3. The van der Waals surface area contributed by atoms with Crippen LogP contribution < -0.4 is 5.32 Å². The van der Waals surface area contributed by atoms with Crippen molar-refractivity contribution in [2.75, 3.05) is 40.1 Å². The van der Waals surface area contributed by atoms with Crippen LogP contribution in [0, 0.1) is 56.7 Å². The number of aliphatic carboxylic acids is 1. The number of hydrogen-bond acceptors (Lipinski definition) is 7. The Kier molecular flexibility index (Phi) is 8.57. The molecule has 3 heterocycles. The van der Waals surface area contributed by atoms with E-state index >= 15 is 0 Å². The van der Waals surface area contributed by atoms with Gasteiger partial charge in [-0.05, 0) is 98.3 Å². The van der Waals surface area contributed by atoms with Gasteiger partial charge in [-0.3, -0.25) is 4.79 Å². The fourth-order valence-electron chi connectivity index (χ4n) is 13.0. The number of rotatable bonds is 8. The molecule has 48 heavy (non-hydrogen) atoms. The zero-order chi connectivity index (χ0) is 34.3. The van der Waals surface area contributed by atoms with Crippen LogP contribution in [0.25, 0.3) is 0 Å². The third-order valence-corrected chi connectivity index (χ3v) is 16.4. The summed E-state index contributed by atoms with van der Waals surface area (Å²) in [5.41, 5.74) is 0.420. The Bertz CT molecular complexity index is 1390. The van der Waals surface area contributed by atoms with Gasteiger partial charge in [0.15, 0.2) is 0 Å². The van der Waals surface area contributed by atoms with Crippen molar-refractivity contribution in [2.24, 2.45) is 56.7 Å². The summed E-state index contributed by atoms with van der Waals surface area (Å²) in [6.45, 7) is 19.8. The lowest BCUT2D eigenvalue weighted by Crippen LogP contribution is -2.69. The highest BCUT2D eigenvalue weighted by Crippen LogP contribution is 2.75. The van der Waals surface area contributed by atoms with E-state index in [2.05, 4.69) is 76.6 Å². The van der Waals surface area contributed by atoms with Gasteiger partial charge in [0, 0.05) is 29.6 Å². The van der Waals surface area contributed by atoms with E-state index in [1.165, 1.54) is 0 Å². The highest BCUT2D eigenvalue weighted by Gasteiger charge is 2.72. The molecule has 1 aromatic rings. The van der Waals surface area contributed by atoms with Crippen molar-refractivity contribution in [3.8, 4) is 0 Å². The minimum absolute atomic E-state index is 0.0282. The van der Waals surface area contributed by atoms with Gasteiger partial charge in [0.2, 0.25) is 0 Å². The highest BCUT2D eigenvalue weighted by atomic mass is 16.5. The maximum absolute atomic E-state index is 13.5. The SMILES string of the molecule is CNC1(CO[C@H]2[C@H](n3cncn3)C[C@@]34COC[C@]2(C)[C@@H]3CC[C@H]2C4=CC[C@@]3(C)[C@H](C(=O)O)[C@@](C)([C@H](C)C(C)C)CC[C@]23C)CCOCC1. The van der Waals surface area contributed by atoms with Gasteiger partial charge in [0.25, 0.3) is 0 Å². The maximum atomic E-state index is 13.5. The van der Waals surface area contributed by atoms with E-state index in [9.17, 15) is 9.90 Å². The van der Waals surface area contributed by atoms with Crippen LogP contribution in [0.2, 0.25) is 0 Å². The van der Waals surface area contributed by atoms with Crippen molar-refractivity contribution < 1.29 is 24.1 Å². The number of carbonyl (C=O) groups is 1.